The number of aliphatic imine (C=N–C) groups is 1. The summed E-state index contributed by atoms with van der Waals surface area (Å²) in [5.74, 6) is 1.03. The molecule has 0 aromatic carbocycles. The summed E-state index contributed by atoms with van der Waals surface area (Å²) in [6.45, 7) is 9.27. The molecule has 0 aliphatic heterocycles. The van der Waals surface area contributed by atoms with Crippen LogP contribution in [0.15, 0.2) is 23.2 Å². The Bertz CT molecular complexity index is 869. The molecule has 6 nitrogen and oxygen atoms in total. The number of amidine groups is 1. The van der Waals surface area contributed by atoms with Gasteiger partial charge in [-0.1, -0.05) is 26.0 Å². The fourth-order valence-electron chi connectivity index (χ4n) is 2.77. The number of hydrogen-bond donors (Lipinski definition) is 1. The Morgan fingerprint density at radius 1 is 1.33 bits per heavy atom. The maximum absolute atomic E-state index is 13.5. The summed E-state index contributed by atoms with van der Waals surface area (Å²) < 4.78 is 15.5. The van der Waals surface area contributed by atoms with Crippen molar-refractivity contribution in [2.45, 2.75) is 34.2 Å². The van der Waals surface area contributed by atoms with Crippen LogP contribution >= 0.6 is 0 Å². The minimum atomic E-state index is -0.513. The molecule has 2 rings (SSSR count). The molecule has 27 heavy (non-hydrogen) atoms. The number of pyridine rings is 1. The lowest BCUT2D eigenvalue weighted by Gasteiger charge is -2.23. The first-order valence-corrected chi connectivity index (χ1v) is 9.25. The van der Waals surface area contributed by atoms with Crippen LogP contribution < -0.4 is 16.0 Å². The lowest BCUT2D eigenvalue weighted by Crippen LogP contribution is -2.33. The fraction of sp³-hybridized carbons (Fsp3) is 0.450. The molecule has 0 saturated heterocycles. The summed E-state index contributed by atoms with van der Waals surface area (Å²) in [5, 5.41) is 4.95. The first-order chi connectivity index (χ1) is 13.0. The van der Waals surface area contributed by atoms with E-state index in [4.69, 9.17) is 4.98 Å². The molecule has 0 unspecified atom stereocenters. The van der Waals surface area contributed by atoms with Crippen molar-refractivity contribution < 1.29 is 4.39 Å². The van der Waals surface area contributed by atoms with Crippen molar-refractivity contribution in [3.05, 3.63) is 46.4 Å². The largest absolute Gasteiger partial charge is 0.392 e. The Hall–Kier alpha value is -2.70. The second kappa shape index (κ2) is 11.1. The van der Waals surface area contributed by atoms with E-state index < -0.39 is 5.95 Å². The van der Waals surface area contributed by atoms with E-state index >= 15 is 0 Å². The van der Waals surface area contributed by atoms with Crippen molar-refractivity contribution in [2.24, 2.45) is 12.0 Å². The lowest BCUT2D eigenvalue weighted by molar-refractivity contribution is 0.414. The highest BCUT2D eigenvalue weighted by atomic mass is 19.1. The predicted molar refractivity (Wildman–Crippen MR) is 110 cm³/mol. The smallest absolute Gasteiger partial charge is 0.213 e. The molecule has 0 aliphatic rings. The van der Waals surface area contributed by atoms with E-state index in [0.717, 1.165) is 16.5 Å². The summed E-state index contributed by atoms with van der Waals surface area (Å²) in [5.41, 5.74) is 0.517. The number of nitrogens with zero attached hydrogens (tertiary/aromatic N) is 5. The standard InChI is InChI=1S/C18H25FN6.C2H6/c1-6-15-14(11-20-3)23-17(24(15)5)12-25(7-2)18(21-4)13-9-8-10-16(19)22-13;1-2/h6,8-11,20H,7,12H2,1-5H3;1-2H3/b14-11+,15-6+,21-18?;. The highest BCUT2D eigenvalue weighted by Gasteiger charge is 2.16. The minimum Gasteiger partial charge on any atom is -0.392 e. The number of halogens is 1. The Kier molecular flexibility index (Phi) is 9.19. The van der Waals surface area contributed by atoms with Crippen LogP contribution in [0.2, 0.25) is 0 Å². The van der Waals surface area contributed by atoms with Crippen LogP contribution in [0.1, 0.15) is 39.2 Å². The van der Waals surface area contributed by atoms with Crippen molar-refractivity contribution >= 4 is 18.1 Å². The maximum Gasteiger partial charge on any atom is 0.213 e. The molecule has 0 amide bonds. The molecule has 0 fully saturated rings. The Morgan fingerprint density at radius 2 is 2.04 bits per heavy atom. The summed E-state index contributed by atoms with van der Waals surface area (Å²) in [7, 11) is 5.53. The van der Waals surface area contributed by atoms with Gasteiger partial charge in [0.2, 0.25) is 5.95 Å². The van der Waals surface area contributed by atoms with E-state index in [1.165, 1.54) is 6.07 Å². The van der Waals surface area contributed by atoms with Crippen molar-refractivity contribution in [2.75, 3.05) is 20.6 Å². The molecule has 2 heterocycles. The third-order valence-corrected chi connectivity index (χ3v) is 3.98. The fourth-order valence-corrected chi connectivity index (χ4v) is 2.77. The number of aromatic nitrogens is 3. The Balaban J connectivity index is 0.00000176. The second-order valence-electron chi connectivity index (χ2n) is 5.49. The quantitative estimate of drug-likeness (QED) is 0.491. The SMILES string of the molecule is C/C=c1\c(=C/NC)nc(CN(CC)C(=NC)c2cccc(F)n2)n1C.CC. The van der Waals surface area contributed by atoms with Gasteiger partial charge in [-0.05, 0) is 26.0 Å². The first-order valence-electron chi connectivity index (χ1n) is 9.25. The van der Waals surface area contributed by atoms with Gasteiger partial charge in [-0.3, -0.25) is 4.99 Å². The molecule has 0 radical (unpaired) electrons. The average Bonchev–Trinajstić information content (AvgIpc) is 2.98. The molecule has 2 aromatic rings. The average molecular weight is 375 g/mol. The highest BCUT2D eigenvalue weighted by molar-refractivity contribution is 5.96. The molecule has 2 aromatic heterocycles. The predicted octanol–water partition coefficient (Wildman–Crippen LogP) is 1.64. The van der Waals surface area contributed by atoms with Crippen LogP contribution in [0.25, 0.3) is 12.3 Å². The molecule has 148 valence electrons. The molecule has 7 heteroatoms. The third-order valence-electron chi connectivity index (χ3n) is 3.98. The summed E-state index contributed by atoms with van der Waals surface area (Å²) in [6.07, 6.45) is 3.90. The van der Waals surface area contributed by atoms with Gasteiger partial charge in [0.05, 0.1) is 11.9 Å². The zero-order valence-corrected chi connectivity index (χ0v) is 17.4. The molecule has 0 bridgehead atoms. The number of imidazole rings is 1. The second-order valence-corrected chi connectivity index (χ2v) is 5.49. The van der Waals surface area contributed by atoms with Crippen LogP contribution in [0, 0.1) is 5.95 Å². The van der Waals surface area contributed by atoms with Crippen LogP contribution in [0.5, 0.6) is 0 Å². The lowest BCUT2D eigenvalue weighted by atomic mass is 10.3. The summed E-state index contributed by atoms with van der Waals surface area (Å²) in [4.78, 5) is 15.0. The van der Waals surface area contributed by atoms with Gasteiger partial charge >= 0.3 is 0 Å². The zero-order valence-electron chi connectivity index (χ0n) is 17.4. The van der Waals surface area contributed by atoms with Crippen molar-refractivity contribution in [1.29, 1.82) is 0 Å². The van der Waals surface area contributed by atoms with Gasteiger partial charge in [-0.25, -0.2) is 9.97 Å². The van der Waals surface area contributed by atoms with E-state index in [1.807, 2.05) is 59.0 Å². The Morgan fingerprint density at radius 3 is 2.56 bits per heavy atom. The molecule has 0 aliphatic carbocycles. The molecular weight excluding hydrogens is 343 g/mol. The van der Waals surface area contributed by atoms with Crippen LogP contribution in [0.3, 0.4) is 0 Å². The van der Waals surface area contributed by atoms with Gasteiger partial charge in [0.1, 0.15) is 22.7 Å². The van der Waals surface area contributed by atoms with E-state index in [-0.39, 0.29) is 0 Å². The Labute approximate surface area is 161 Å². The molecule has 0 atom stereocenters. The molecule has 0 saturated carbocycles. The van der Waals surface area contributed by atoms with Crippen LogP contribution in [-0.2, 0) is 13.6 Å². The minimum absolute atomic E-state index is 0.513. The monoisotopic (exact) mass is 374 g/mol. The number of hydrogen-bond acceptors (Lipinski definition) is 4. The summed E-state index contributed by atoms with van der Waals surface area (Å²) in [6, 6.07) is 4.73. The maximum atomic E-state index is 13.5. The van der Waals surface area contributed by atoms with E-state index in [2.05, 4.69) is 19.9 Å². The zero-order chi connectivity index (χ0) is 20.4. The topological polar surface area (TPSA) is 58.3 Å². The number of nitrogens with one attached hydrogen (secondary N) is 1. The van der Waals surface area contributed by atoms with E-state index in [0.29, 0.717) is 24.6 Å². The van der Waals surface area contributed by atoms with Crippen molar-refractivity contribution in [3.63, 3.8) is 0 Å². The van der Waals surface area contributed by atoms with E-state index in [1.54, 1.807) is 19.2 Å². The van der Waals surface area contributed by atoms with Gasteiger partial charge in [0.15, 0.2) is 0 Å². The normalized spacial score (nSPS) is 12.7. The first kappa shape index (κ1) is 22.3. The third kappa shape index (κ3) is 5.39. The van der Waals surface area contributed by atoms with Crippen LogP contribution in [-0.4, -0.2) is 45.9 Å². The molecule has 0 spiro atoms. The van der Waals surface area contributed by atoms with Gasteiger partial charge in [0.25, 0.3) is 0 Å². The van der Waals surface area contributed by atoms with Crippen molar-refractivity contribution in [1.82, 2.24) is 24.8 Å². The van der Waals surface area contributed by atoms with Gasteiger partial charge < -0.3 is 14.8 Å². The van der Waals surface area contributed by atoms with Gasteiger partial charge in [-0.2, -0.15) is 4.39 Å². The molecular formula is C20H31FN6. The van der Waals surface area contributed by atoms with E-state index in [9.17, 15) is 4.39 Å². The summed E-state index contributed by atoms with van der Waals surface area (Å²) >= 11 is 0. The van der Waals surface area contributed by atoms with Crippen LogP contribution in [0.4, 0.5) is 4.39 Å². The van der Waals surface area contributed by atoms with Gasteiger partial charge in [0, 0.05) is 33.9 Å². The number of rotatable bonds is 5. The highest BCUT2D eigenvalue weighted by Crippen LogP contribution is 2.08. The molecule has 1 N–H and O–H groups in total. The van der Waals surface area contributed by atoms with Crippen molar-refractivity contribution in [3.8, 4) is 0 Å². The van der Waals surface area contributed by atoms with Gasteiger partial charge in [-0.15, -0.1) is 0 Å².